The highest BCUT2D eigenvalue weighted by Gasteiger charge is 2.13. The highest BCUT2D eigenvalue weighted by atomic mass is 16.5. The Morgan fingerprint density at radius 3 is 2.40 bits per heavy atom. The summed E-state index contributed by atoms with van der Waals surface area (Å²) < 4.78 is 5.39. The van der Waals surface area contributed by atoms with E-state index in [1.54, 1.807) is 0 Å². The largest absolute Gasteiger partial charge is 0.338 e. The predicted octanol–water partition coefficient (Wildman–Crippen LogP) is 3.50. The second kappa shape index (κ2) is 6.66. The third-order valence-corrected chi connectivity index (χ3v) is 3.81. The van der Waals surface area contributed by atoms with Crippen molar-refractivity contribution in [1.82, 2.24) is 15.0 Å². The van der Waals surface area contributed by atoms with Crippen LogP contribution in [0.15, 0.2) is 34.9 Å². The molecule has 0 amide bonds. The number of hydrogen-bond donors (Lipinski definition) is 0. The van der Waals surface area contributed by atoms with Gasteiger partial charge in [0.1, 0.15) is 0 Å². The van der Waals surface area contributed by atoms with Crippen LogP contribution < -0.4 is 0 Å². The molecule has 4 nitrogen and oxygen atoms in total. The molecule has 0 atom stereocenters. The predicted molar refractivity (Wildman–Crippen MR) is 78.1 cm³/mol. The Bertz CT molecular complexity index is 516. The van der Waals surface area contributed by atoms with Gasteiger partial charge in [-0.25, -0.2) is 0 Å². The fourth-order valence-electron chi connectivity index (χ4n) is 2.69. The maximum Gasteiger partial charge on any atom is 0.241 e. The van der Waals surface area contributed by atoms with E-state index in [2.05, 4.69) is 15.0 Å². The summed E-state index contributed by atoms with van der Waals surface area (Å²) in [6.07, 6.45) is 6.62. The molecular formula is C16H21N3O. The van der Waals surface area contributed by atoms with E-state index in [4.69, 9.17) is 4.52 Å². The molecule has 4 heteroatoms. The highest BCUT2D eigenvalue weighted by molar-refractivity contribution is 5.53. The average Bonchev–Trinajstić information content (AvgIpc) is 2.91. The molecular weight excluding hydrogens is 250 g/mol. The topological polar surface area (TPSA) is 42.2 Å². The summed E-state index contributed by atoms with van der Waals surface area (Å²) in [6, 6.07) is 9.98. The molecule has 1 saturated heterocycles. The first kappa shape index (κ1) is 13.3. The van der Waals surface area contributed by atoms with Crippen LogP contribution in [0.25, 0.3) is 11.4 Å². The monoisotopic (exact) mass is 271 g/mol. The van der Waals surface area contributed by atoms with Crippen LogP contribution in [-0.2, 0) is 6.54 Å². The molecule has 1 aliphatic rings. The van der Waals surface area contributed by atoms with Crippen molar-refractivity contribution >= 4 is 0 Å². The smallest absolute Gasteiger partial charge is 0.241 e. The molecule has 0 aliphatic carbocycles. The van der Waals surface area contributed by atoms with E-state index in [-0.39, 0.29) is 0 Å². The molecule has 2 heterocycles. The van der Waals surface area contributed by atoms with Crippen LogP contribution in [-0.4, -0.2) is 28.1 Å². The zero-order valence-corrected chi connectivity index (χ0v) is 11.8. The molecule has 0 radical (unpaired) electrons. The number of benzene rings is 1. The van der Waals surface area contributed by atoms with Crippen LogP contribution >= 0.6 is 0 Å². The molecule has 0 spiro atoms. The van der Waals surface area contributed by atoms with Crippen molar-refractivity contribution in [3.05, 3.63) is 36.2 Å². The van der Waals surface area contributed by atoms with Crippen LogP contribution in [0.1, 0.15) is 38.0 Å². The van der Waals surface area contributed by atoms with Crippen LogP contribution in [0.4, 0.5) is 0 Å². The minimum absolute atomic E-state index is 0.688. The van der Waals surface area contributed by atoms with E-state index < -0.39 is 0 Å². The van der Waals surface area contributed by atoms with Crippen molar-refractivity contribution in [2.45, 2.75) is 38.6 Å². The molecule has 106 valence electrons. The van der Waals surface area contributed by atoms with Gasteiger partial charge in [-0.1, -0.05) is 54.8 Å². The molecule has 1 aromatic carbocycles. The van der Waals surface area contributed by atoms with Crippen molar-refractivity contribution in [3.63, 3.8) is 0 Å². The molecule has 2 aromatic rings. The zero-order chi connectivity index (χ0) is 13.6. The van der Waals surface area contributed by atoms with E-state index in [0.717, 1.165) is 31.1 Å². The van der Waals surface area contributed by atoms with Crippen molar-refractivity contribution in [3.8, 4) is 11.4 Å². The molecule has 0 N–H and O–H groups in total. The quantitative estimate of drug-likeness (QED) is 0.856. The van der Waals surface area contributed by atoms with Gasteiger partial charge < -0.3 is 4.52 Å². The van der Waals surface area contributed by atoms with Crippen molar-refractivity contribution in [2.24, 2.45) is 0 Å². The van der Waals surface area contributed by atoms with Crippen LogP contribution in [0.3, 0.4) is 0 Å². The van der Waals surface area contributed by atoms with E-state index in [1.807, 2.05) is 30.3 Å². The Morgan fingerprint density at radius 1 is 0.950 bits per heavy atom. The van der Waals surface area contributed by atoms with Gasteiger partial charge in [-0.15, -0.1) is 0 Å². The van der Waals surface area contributed by atoms with Gasteiger partial charge in [-0.3, -0.25) is 4.90 Å². The Kier molecular flexibility index (Phi) is 4.43. The van der Waals surface area contributed by atoms with Crippen LogP contribution in [0, 0.1) is 0 Å². The SMILES string of the molecule is c1ccc(-c2noc(CN3CCCCCCC3)n2)cc1. The van der Waals surface area contributed by atoms with Gasteiger partial charge in [0.25, 0.3) is 0 Å². The van der Waals surface area contributed by atoms with Crippen LogP contribution in [0.5, 0.6) is 0 Å². The fraction of sp³-hybridized carbons (Fsp3) is 0.500. The van der Waals surface area contributed by atoms with Crippen molar-refractivity contribution in [1.29, 1.82) is 0 Å². The summed E-state index contributed by atoms with van der Waals surface area (Å²) in [5, 5.41) is 4.08. The number of hydrogen-bond acceptors (Lipinski definition) is 4. The molecule has 1 aliphatic heterocycles. The summed E-state index contributed by atoms with van der Waals surface area (Å²) in [6.45, 7) is 3.06. The molecule has 1 fully saturated rings. The number of nitrogens with zero attached hydrogens (tertiary/aromatic N) is 3. The maximum absolute atomic E-state index is 5.39. The normalized spacial score (nSPS) is 17.6. The second-order valence-electron chi connectivity index (χ2n) is 5.42. The lowest BCUT2D eigenvalue weighted by atomic mass is 10.1. The summed E-state index contributed by atoms with van der Waals surface area (Å²) in [5.74, 6) is 1.41. The van der Waals surface area contributed by atoms with Gasteiger partial charge in [-0.2, -0.15) is 4.98 Å². The second-order valence-corrected chi connectivity index (χ2v) is 5.42. The lowest BCUT2D eigenvalue weighted by Gasteiger charge is -2.22. The third-order valence-electron chi connectivity index (χ3n) is 3.81. The van der Waals surface area contributed by atoms with Gasteiger partial charge in [0.05, 0.1) is 6.54 Å². The standard InChI is InChI=1S/C16H21N3O/c1-2-7-11-19(12-8-3-1)13-15-17-16(18-20-15)14-9-5-4-6-10-14/h4-6,9-10H,1-3,7-8,11-13H2. The number of likely N-dealkylation sites (tertiary alicyclic amines) is 1. The van der Waals surface area contributed by atoms with Gasteiger partial charge in [-0.05, 0) is 25.9 Å². The van der Waals surface area contributed by atoms with Crippen molar-refractivity contribution in [2.75, 3.05) is 13.1 Å². The summed E-state index contributed by atoms with van der Waals surface area (Å²) in [5.41, 5.74) is 1.01. The van der Waals surface area contributed by atoms with E-state index in [0.29, 0.717) is 5.82 Å². The van der Waals surface area contributed by atoms with E-state index in [1.165, 1.54) is 32.1 Å². The molecule has 1 aromatic heterocycles. The van der Waals surface area contributed by atoms with E-state index >= 15 is 0 Å². The Morgan fingerprint density at radius 2 is 1.65 bits per heavy atom. The third kappa shape index (κ3) is 3.45. The first-order valence-electron chi connectivity index (χ1n) is 7.52. The molecule has 20 heavy (non-hydrogen) atoms. The van der Waals surface area contributed by atoms with Crippen molar-refractivity contribution < 1.29 is 4.52 Å². The minimum atomic E-state index is 0.688. The summed E-state index contributed by atoms with van der Waals surface area (Å²) in [4.78, 5) is 6.94. The summed E-state index contributed by atoms with van der Waals surface area (Å²) >= 11 is 0. The van der Waals surface area contributed by atoms with Crippen LogP contribution in [0.2, 0.25) is 0 Å². The lowest BCUT2D eigenvalue weighted by Crippen LogP contribution is -2.27. The zero-order valence-electron chi connectivity index (χ0n) is 11.8. The average molecular weight is 271 g/mol. The van der Waals surface area contributed by atoms with Gasteiger partial charge in [0.2, 0.25) is 11.7 Å². The molecule has 3 rings (SSSR count). The molecule has 0 saturated carbocycles. The highest BCUT2D eigenvalue weighted by Crippen LogP contribution is 2.17. The summed E-state index contributed by atoms with van der Waals surface area (Å²) in [7, 11) is 0. The Labute approximate surface area is 119 Å². The Hall–Kier alpha value is -1.68. The molecule has 0 bridgehead atoms. The Balaban J connectivity index is 1.64. The minimum Gasteiger partial charge on any atom is -0.338 e. The maximum atomic E-state index is 5.39. The lowest BCUT2D eigenvalue weighted by molar-refractivity contribution is 0.208. The van der Waals surface area contributed by atoms with Gasteiger partial charge in [0, 0.05) is 5.56 Å². The molecule has 0 unspecified atom stereocenters. The fourth-order valence-corrected chi connectivity index (χ4v) is 2.69. The number of rotatable bonds is 3. The van der Waals surface area contributed by atoms with Gasteiger partial charge >= 0.3 is 0 Å². The number of aromatic nitrogens is 2. The first-order valence-corrected chi connectivity index (χ1v) is 7.52. The van der Waals surface area contributed by atoms with Gasteiger partial charge in [0.15, 0.2) is 0 Å². The first-order chi connectivity index (χ1) is 9.92. The van der Waals surface area contributed by atoms with E-state index in [9.17, 15) is 0 Å².